The fourth-order valence-corrected chi connectivity index (χ4v) is 3.73. The summed E-state index contributed by atoms with van der Waals surface area (Å²) in [5, 5.41) is 12.1. The molecule has 3 rings (SSSR count). The fraction of sp³-hybridized carbons (Fsp3) is 0.318. The lowest BCUT2D eigenvalue weighted by molar-refractivity contribution is -0.113. The van der Waals surface area contributed by atoms with Gasteiger partial charge in [-0.1, -0.05) is 36.0 Å². The average molecular weight is 411 g/mol. The van der Waals surface area contributed by atoms with Gasteiger partial charge in [0.2, 0.25) is 5.91 Å². The van der Waals surface area contributed by atoms with E-state index in [1.54, 1.807) is 0 Å². The van der Waals surface area contributed by atoms with Crippen LogP contribution in [-0.2, 0) is 17.9 Å². The van der Waals surface area contributed by atoms with Crippen LogP contribution in [0, 0.1) is 20.8 Å². The second-order valence-corrected chi connectivity index (χ2v) is 7.85. The number of anilines is 1. The van der Waals surface area contributed by atoms with Crippen LogP contribution in [0.3, 0.4) is 0 Å². The molecule has 29 heavy (non-hydrogen) atoms. The summed E-state index contributed by atoms with van der Waals surface area (Å²) in [6, 6.07) is 13.9. The van der Waals surface area contributed by atoms with E-state index in [1.807, 2.05) is 68.7 Å². The number of hydrogen-bond acceptors (Lipinski definition) is 5. The molecule has 0 aliphatic carbocycles. The number of carbonyl (C=O) groups is 1. The predicted molar refractivity (Wildman–Crippen MR) is 116 cm³/mol. The first-order valence-electron chi connectivity index (χ1n) is 9.57. The van der Waals surface area contributed by atoms with Crippen LogP contribution < -0.4 is 10.1 Å². The summed E-state index contributed by atoms with van der Waals surface area (Å²) in [7, 11) is 0. The highest BCUT2D eigenvalue weighted by Gasteiger charge is 2.14. The summed E-state index contributed by atoms with van der Waals surface area (Å²) < 4.78 is 7.95. The van der Waals surface area contributed by atoms with Gasteiger partial charge >= 0.3 is 0 Å². The van der Waals surface area contributed by atoms with E-state index >= 15 is 0 Å². The molecule has 0 aliphatic rings. The van der Waals surface area contributed by atoms with Gasteiger partial charge in [0, 0.05) is 12.2 Å². The van der Waals surface area contributed by atoms with Crippen molar-refractivity contribution < 1.29 is 9.53 Å². The van der Waals surface area contributed by atoms with Crippen molar-refractivity contribution in [3.8, 4) is 5.75 Å². The van der Waals surface area contributed by atoms with Gasteiger partial charge in [-0.3, -0.25) is 4.79 Å². The summed E-state index contributed by atoms with van der Waals surface area (Å²) >= 11 is 1.37. The van der Waals surface area contributed by atoms with Gasteiger partial charge in [0.1, 0.15) is 12.4 Å². The average Bonchev–Trinajstić information content (AvgIpc) is 3.09. The van der Waals surface area contributed by atoms with Gasteiger partial charge in [-0.15, -0.1) is 10.2 Å². The summed E-state index contributed by atoms with van der Waals surface area (Å²) in [4.78, 5) is 12.3. The lowest BCUT2D eigenvalue weighted by Crippen LogP contribution is -2.15. The molecule has 2 aromatic carbocycles. The summed E-state index contributed by atoms with van der Waals surface area (Å²) in [6.45, 7) is 9.13. The van der Waals surface area contributed by atoms with Gasteiger partial charge < -0.3 is 14.6 Å². The summed E-state index contributed by atoms with van der Waals surface area (Å²) in [5.41, 5.74) is 4.14. The molecule has 0 unspecified atom stereocenters. The number of aryl methyl sites for hydroxylation is 3. The molecule has 0 bridgehead atoms. The Labute approximate surface area is 175 Å². The number of nitrogens with zero attached hydrogens (tertiary/aromatic N) is 3. The maximum Gasteiger partial charge on any atom is 0.234 e. The highest BCUT2D eigenvalue weighted by molar-refractivity contribution is 7.99. The molecule has 1 amide bonds. The first-order valence-corrected chi connectivity index (χ1v) is 10.6. The Balaban J connectivity index is 1.60. The molecule has 0 radical (unpaired) electrons. The minimum absolute atomic E-state index is 0.0700. The smallest absolute Gasteiger partial charge is 0.234 e. The third-order valence-electron chi connectivity index (χ3n) is 4.44. The predicted octanol–water partition coefficient (Wildman–Crippen LogP) is 4.53. The van der Waals surface area contributed by atoms with Gasteiger partial charge in [-0.25, -0.2) is 0 Å². The van der Waals surface area contributed by atoms with E-state index in [0.717, 1.165) is 34.0 Å². The largest absolute Gasteiger partial charge is 0.485 e. The molecule has 0 fully saturated rings. The molecular weight excluding hydrogens is 384 g/mol. The number of hydrogen-bond donors (Lipinski definition) is 1. The van der Waals surface area contributed by atoms with Gasteiger partial charge in [0.15, 0.2) is 11.0 Å². The van der Waals surface area contributed by atoms with Crippen LogP contribution in [0.15, 0.2) is 47.6 Å². The Bertz CT molecular complexity index is 1000. The van der Waals surface area contributed by atoms with E-state index in [1.165, 1.54) is 11.8 Å². The Kier molecular flexibility index (Phi) is 6.93. The molecule has 1 N–H and O–H groups in total. The molecule has 0 saturated heterocycles. The number of thioether (sulfide) groups is 1. The fourth-order valence-electron chi connectivity index (χ4n) is 2.91. The summed E-state index contributed by atoms with van der Waals surface area (Å²) in [6.07, 6.45) is 0. The molecule has 1 aromatic heterocycles. The molecule has 0 atom stereocenters. The Morgan fingerprint density at radius 2 is 1.90 bits per heavy atom. The zero-order chi connectivity index (χ0) is 20.8. The minimum atomic E-state index is -0.0700. The van der Waals surface area contributed by atoms with Crippen molar-refractivity contribution in [2.45, 2.75) is 46.0 Å². The molecule has 0 saturated carbocycles. The molecule has 152 valence electrons. The number of carbonyl (C=O) groups excluding carboxylic acids is 1. The van der Waals surface area contributed by atoms with Crippen molar-refractivity contribution in [3.63, 3.8) is 0 Å². The molecule has 3 aromatic rings. The van der Waals surface area contributed by atoms with Gasteiger partial charge in [-0.05, 0) is 62.6 Å². The second kappa shape index (κ2) is 9.60. The van der Waals surface area contributed by atoms with Crippen molar-refractivity contribution in [2.75, 3.05) is 11.1 Å². The molecule has 0 aliphatic heterocycles. The minimum Gasteiger partial charge on any atom is -0.485 e. The van der Waals surface area contributed by atoms with Crippen LogP contribution in [0.4, 0.5) is 5.69 Å². The maximum absolute atomic E-state index is 12.3. The number of rotatable bonds is 8. The molecule has 6 nitrogen and oxygen atoms in total. The van der Waals surface area contributed by atoms with Crippen LogP contribution >= 0.6 is 11.8 Å². The highest BCUT2D eigenvalue weighted by Crippen LogP contribution is 2.22. The van der Waals surface area contributed by atoms with Gasteiger partial charge in [-0.2, -0.15) is 0 Å². The van der Waals surface area contributed by atoms with E-state index in [-0.39, 0.29) is 11.7 Å². The number of ether oxygens (including phenoxy) is 1. The quantitative estimate of drug-likeness (QED) is 0.553. The van der Waals surface area contributed by atoms with Crippen molar-refractivity contribution >= 4 is 23.4 Å². The molecule has 1 heterocycles. The van der Waals surface area contributed by atoms with E-state index in [0.29, 0.717) is 18.3 Å². The van der Waals surface area contributed by atoms with Crippen molar-refractivity contribution in [1.29, 1.82) is 0 Å². The monoisotopic (exact) mass is 410 g/mol. The highest BCUT2D eigenvalue weighted by atomic mass is 32.2. The van der Waals surface area contributed by atoms with Crippen LogP contribution in [0.5, 0.6) is 5.75 Å². The van der Waals surface area contributed by atoms with E-state index < -0.39 is 0 Å². The van der Waals surface area contributed by atoms with Gasteiger partial charge in [0.25, 0.3) is 0 Å². The Morgan fingerprint density at radius 1 is 1.10 bits per heavy atom. The third kappa shape index (κ3) is 5.60. The SMILES string of the molecule is CCn1c(COc2cc(C)ccc2C)nnc1SCC(=O)Nc1cccc(C)c1. The number of amides is 1. The van der Waals surface area contributed by atoms with E-state index in [9.17, 15) is 4.79 Å². The second-order valence-electron chi connectivity index (χ2n) is 6.91. The van der Waals surface area contributed by atoms with Crippen molar-refractivity contribution in [2.24, 2.45) is 0 Å². The standard InChI is InChI=1S/C22H26N4O2S/c1-5-26-20(13-28-19-12-16(3)9-10-17(19)4)24-25-22(26)29-14-21(27)23-18-8-6-7-15(2)11-18/h6-12H,5,13-14H2,1-4H3,(H,23,27). The lowest BCUT2D eigenvalue weighted by Gasteiger charge is -2.11. The van der Waals surface area contributed by atoms with E-state index in [2.05, 4.69) is 21.6 Å². The lowest BCUT2D eigenvalue weighted by atomic mass is 10.1. The summed E-state index contributed by atoms with van der Waals surface area (Å²) in [5.74, 6) is 1.79. The Morgan fingerprint density at radius 3 is 2.66 bits per heavy atom. The van der Waals surface area contributed by atoms with E-state index in [4.69, 9.17) is 4.74 Å². The van der Waals surface area contributed by atoms with Crippen LogP contribution in [0.1, 0.15) is 29.4 Å². The number of benzene rings is 2. The van der Waals surface area contributed by atoms with Crippen LogP contribution in [0.25, 0.3) is 0 Å². The Hall–Kier alpha value is -2.80. The molecular formula is C22H26N4O2S. The molecule has 0 spiro atoms. The zero-order valence-electron chi connectivity index (χ0n) is 17.2. The van der Waals surface area contributed by atoms with Crippen LogP contribution in [-0.4, -0.2) is 26.4 Å². The third-order valence-corrected chi connectivity index (χ3v) is 5.41. The van der Waals surface area contributed by atoms with Gasteiger partial charge in [0.05, 0.1) is 5.75 Å². The first kappa shape index (κ1) is 20.9. The zero-order valence-corrected chi connectivity index (χ0v) is 18.0. The molecule has 7 heteroatoms. The number of aromatic nitrogens is 3. The topological polar surface area (TPSA) is 69.0 Å². The van der Waals surface area contributed by atoms with Crippen molar-refractivity contribution in [3.05, 3.63) is 65.0 Å². The normalized spacial score (nSPS) is 10.8. The maximum atomic E-state index is 12.3. The van der Waals surface area contributed by atoms with Crippen molar-refractivity contribution in [1.82, 2.24) is 14.8 Å². The first-order chi connectivity index (χ1) is 14.0. The number of nitrogens with one attached hydrogen (secondary N) is 1. The van der Waals surface area contributed by atoms with Crippen LogP contribution in [0.2, 0.25) is 0 Å².